The van der Waals surface area contributed by atoms with Gasteiger partial charge in [0, 0.05) is 31.1 Å². The number of thiazole rings is 1. The van der Waals surface area contributed by atoms with E-state index in [0.717, 1.165) is 26.2 Å². The first-order valence-electron chi connectivity index (χ1n) is 6.53. The van der Waals surface area contributed by atoms with Crippen LogP contribution < -0.4 is 5.32 Å². The van der Waals surface area contributed by atoms with Gasteiger partial charge >= 0.3 is 0 Å². The SMILES string of the molecule is CCN(Cc1csc(CNC)n1)C(C)CN(C)C. The van der Waals surface area contributed by atoms with Crippen molar-refractivity contribution < 1.29 is 0 Å². The minimum atomic E-state index is 0.555. The van der Waals surface area contributed by atoms with Crippen molar-refractivity contribution in [1.82, 2.24) is 20.1 Å². The molecule has 0 saturated heterocycles. The second-order valence-electron chi connectivity index (χ2n) is 4.94. The predicted molar refractivity (Wildman–Crippen MR) is 79.0 cm³/mol. The van der Waals surface area contributed by atoms with Crippen LogP contribution in [0.1, 0.15) is 24.5 Å². The maximum absolute atomic E-state index is 4.65. The third-order valence-corrected chi connectivity index (χ3v) is 3.85. The van der Waals surface area contributed by atoms with Gasteiger partial charge in [0.2, 0.25) is 0 Å². The lowest BCUT2D eigenvalue weighted by atomic mass is 10.2. The number of nitrogens with one attached hydrogen (secondary N) is 1. The fourth-order valence-electron chi connectivity index (χ4n) is 2.09. The van der Waals surface area contributed by atoms with Crippen molar-refractivity contribution in [2.45, 2.75) is 33.0 Å². The quantitative estimate of drug-likeness (QED) is 0.778. The number of likely N-dealkylation sites (N-methyl/N-ethyl adjacent to an activating group) is 2. The molecule has 1 atom stereocenters. The molecule has 1 rings (SSSR count). The Morgan fingerprint density at radius 2 is 2.17 bits per heavy atom. The normalized spacial score (nSPS) is 13.5. The summed E-state index contributed by atoms with van der Waals surface area (Å²) < 4.78 is 0. The van der Waals surface area contributed by atoms with Gasteiger partial charge in [-0.25, -0.2) is 4.98 Å². The van der Waals surface area contributed by atoms with Crippen LogP contribution in [-0.2, 0) is 13.1 Å². The zero-order chi connectivity index (χ0) is 13.5. The number of nitrogens with zero attached hydrogens (tertiary/aromatic N) is 3. The summed E-state index contributed by atoms with van der Waals surface area (Å²) in [7, 11) is 6.20. The van der Waals surface area contributed by atoms with Crippen LogP contribution in [0.2, 0.25) is 0 Å². The van der Waals surface area contributed by atoms with Gasteiger partial charge in [-0.15, -0.1) is 11.3 Å². The number of aromatic nitrogens is 1. The second-order valence-corrected chi connectivity index (χ2v) is 5.88. The van der Waals surface area contributed by atoms with Gasteiger partial charge in [0.1, 0.15) is 5.01 Å². The summed E-state index contributed by atoms with van der Waals surface area (Å²) in [5, 5.41) is 6.49. The molecule has 0 aromatic carbocycles. The lowest BCUT2D eigenvalue weighted by Gasteiger charge is -2.29. The Balaban J connectivity index is 2.55. The predicted octanol–water partition coefficient (Wildman–Crippen LogP) is 1.63. The topological polar surface area (TPSA) is 31.4 Å². The van der Waals surface area contributed by atoms with Crippen LogP contribution in [0, 0.1) is 0 Å². The van der Waals surface area contributed by atoms with E-state index in [1.165, 1.54) is 10.7 Å². The molecule has 104 valence electrons. The highest BCUT2D eigenvalue weighted by Gasteiger charge is 2.14. The molecule has 1 N–H and O–H groups in total. The van der Waals surface area contributed by atoms with Crippen LogP contribution in [0.25, 0.3) is 0 Å². The van der Waals surface area contributed by atoms with Crippen LogP contribution in [0.4, 0.5) is 0 Å². The molecule has 1 unspecified atom stereocenters. The highest BCUT2D eigenvalue weighted by atomic mass is 32.1. The van der Waals surface area contributed by atoms with Crippen molar-refractivity contribution in [2.24, 2.45) is 0 Å². The fourth-order valence-corrected chi connectivity index (χ4v) is 2.88. The molecule has 0 radical (unpaired) electrons. The Hall–Kier alpha value is -0.490. The minimum Gasteiger partial charge on any atom is -0.314 e. The average molecular weight is 270 g/mol. The van der Waals surface area contributed by atoms with Gasteiger partial charge in [-0.2, -0.15) is 0 Å². The average Bonchev–Trinajstić information content (AvgIpc) is 2.73. The van der Waals surface area contributed by atoms with Crippen LogP contribution >= 0.6 is 11.3 Å². The zero-order valence-corrected chi connectivity index (χ0v) is 13.0. The molecule has 1 heterocycles. The van der Waals surface area contributed by atoms with Gasteiger partial charge in [-0.3, -0.25) is 4.90 Å². The molecular formula is C13H26N4S. The van der Waals surface area contributed by atoms with E-state index in [-0.39, 0.29) is 0 Å². The molecule has 0 aliphatic rings. The molecule has 18 heavy (non-hydrogen) atoms. The van der Waals surface area contributed by atoms with Crippen LogP contribution in [-0.4, -0.2) is 55.1 Å². The van der Waals surface area contributed by atoms with Crippen molar-refractivity contribution in [3.05, 3.63) is 16.1 Å². The third-order valence-electron chi connectivity index (χ3n) is 2.95. The number of rotatable bonds is 8. The molecule has 0 spiro atoms. The van der Waals surface area contributed by atoms with Crippen LogP contribution in [0.15, 0.2) is 5.38 Å². The largest absolute Gasteiger partial charge is 0.314 e. The van der Waals surface area contributed by atoms with Gasteiger partial charge in [-0.1, -0.05) is 6.92 Å². The Bertz CT molecular complexity index is 337. The Morgan fingerprint density at radius 1 is 1.44 bits per heavy atom. The summed E-state index contributed by atoms with van der Waals surface area (Å²) in [5.41, 5.74) is 1.19. The molecular weight excluding hydrogens is 244 g/mol. The van der Waals surface area contributed by atoms with E-state index in [1.54, 1.807) is 11.3 Å². The van der Waals surface area contributed by atoms with Gasteiger partial charge in [0.25, 0.3) is 0 Å². The van der Waals surface area contributed by atoms with Gasteiger partial charge in [-0.05, 0) is 34.6 Å². The summed E-state index contributed by atoms with van der Waals surface area (Å²) in [4.78, 5) is 9.36. The summed E-state index contributed by atoms with van der Waals surface area (Å²) in [6.07, 6.45) is 0. The molecule has 0 aliphatic heterocycles. The highest BCUT2D eigenvalue weighted by Crippen LogP contribution is 2.13. The Labute approximate surface area is 115 Å². The molecule has 1 aromatic heterocycles. The van der Waals surface area contributed by atoms with Crippen molar-refractivity contribution in [2.75, 3.05) is 34.2 Å². The zero-order valence-electron chi connectivity index (χ0n) is 12.2. The van der Waals surface area contributed by atoms with Crippen molar-refractivity contribution in [1.29, 1.82) is 0 Å². The van der Waals surface area contributed by atoms with E-state index in [2.05, 4.69) is 53.4 Å². The molecule has 0 fully saturated rings. The first-order valence-corrected chi connectivity index (χ1v) is 7.41. The lowest BCUT2D eigenvalue weighted by molar-refractivity contribution is 0.172. The number of hydrogen-bond donors (Lipinski definition) is 1. The van der Waals surface area contributed by atoms with Crippen molar-refractivity contribution in [3.63, 3.8) is 0 Å². The second kappa shape index (κ2) is 7.84. The van der Waals surface area contributed by atoms with Crippen LogP contribution in [0.3, 0.4) is 0 Å². The van der Waals surface area contributed by atoms with E-state index >= 15 is 0 Å². The maximum Gasteiger partial charge on any atom is 0.107 e. The maximum atomic E-state index is 4.65. The van der Waals surface area contributed by atoms with Crippen molar-refractivity contribution in [3.8, 4) is 0 Å². The summed E-state index contributed by atoms with van der Waals surface area (Å²) in [6.45, 7) is 8.46. The van der Waals surface area contributed by atoms with E-state index in [4.69, 9.17) is 0 Å². The molecule has 1 aromatic rings. The fraction of sp³-hybridized carbons (Fsp3) is 0.769. The highest BCUT2D eigenvalue weighted by molar-refractivity contribution is 7.09. The van der Waals surface area contributed by atoms with E-state index in [9.17, 15) is 0 Å². The molecule has 0 saturated carbocycles. The Kier molecular flexibility index (Phi) is 6.78. The van der Waals surface area contributed by atoms with E-state index in [1.807, 2.05) is 7.05 Å². The summed E-state index contributed by atoms with van der Waals surface area (Å²) >= 11 is 1.74. The molecule has 4 nitrogen and oxygen atoms in total. The van der Waals surface area contributed by atoms with Gasteiger partial charge < -0.3 is 10.2 Å². The van der Waals surface area contributed by atoms with Crippen molar-refractivity contribution >= 4 is 11.3 Å². The van der Waals surface area contributed by atoms with Gasteiger partial charge in [0.05, 0.1) is 5.69 Å². The lowest BCUT2D eigenvalue weighted by Crippen LogP contribution is -2.39. The molecule has 0 aliphatic carbocycles. The number of hydrogen-bond acceptors (Lipinski definition) is 5. The molecule has 0 bridgehead atoms. The molecule has 0 amide bonds. The molecule has 5 heteroatoms. The minimum absolute atomic E-state index is 0.555. The smallest absolute Gasteiger partial charge is 0.107 e. The Morgan fingerprint density at radius 3 is 2.72 bits per heavy atom. The van der Waals surface area contributed by atoms with Crippen LogP contribution in [0.5, 0.6) is 0 Å². The monoisotopic (exact) mass is 270 g/mol. The summed E-state index contributed by atoms with van der Waals surface area (Å²) in [6, 6.07) is 0.555. The van der Waals surface area contributed by atoms with E-state index < -0.39 is 0 Å². The third kappa shape index (κ3) is 5.02. The summed E-state index contributed by atoms with van der Waals surface area (Å²) in [5.74, 6) is 0. The standard InChI is InChI=1S/C13H26N4S/c1-6-17(11(2)8-16(4)5)9-12-10-18-13(15-12)7-14-3/h10-11,14H,6-9H2,1-5H3. The van der Waals surface area contributed by atoms with E-state index in [0.29, 0.717) is 6.04 Å². The first-order chi connectivity index (χ1) is 8.56. The first kappa shape index (κ1) is 15.6. The van der Waals surface area contributed by atoms with Gasteiger partial charge in [0.15, 0.2) is 0 Å².